The van der Waals surface area contributed by atoms with E-state index >= 15 is 0 Å². The second kappa shape index (κ2) is 15.1. The van der Waals surface area contributed by atoms with Gasteiger partial charge in [-0.1, -0.05) is 54.1 Å². The molecular formula is C30H41N3O7S. The van der Waals surface area contributed by atoms with Crippen molar-refractivity contribution < 1.29 is 32.2 Å². The van der Waals surface area contributed by atoms with E-state index < -0.39 is 27.8 Å². The molecule has 2 N–H and O–H groups in total. The van der Waals surface area contributed by atoms with Gasteiger partial charge in [-0.15, -0.1) is 0 Å². The third-order valence-corrected chi connectivity index (χ3v) is 7.96. The van der Waals surface area contributed by atoms with Crippen LogP contribution in [0.4, 0.5) is 4.79 Å². The first-order chi connectivity index (χ1) is 19.5. The maximum absolute atomic E-state index is 13.5. The normalized spacial score (nSPS) is 15.8. The van der Waals surface area contributed by atoms with Crippen LogP contribution in [0.3, 0.4) is 0 Å². The third-order valence-electron chi connectivity index (χ3n) is 6.12. The summed E-state index contributed by atoms with van der Waals surface area (Å²) in [4.78, 5) is 24.9. The number of alkyl carbamates (subject to hydrolysis) is 1. The van der Waals surface area contributed by atoms with Gasteiger partial charge in [-0.25, -0.2) is 13.2 Å². The van der Waals surface area contributed by atoms with Crippen molar-refractivity contribution in [1.29, 1.82) is 0 Å². The number of nitrogens with one attached hydrogen (secondary N) is 2. The molecule has 0 aliphatic carbocycles. The van der Waals surface area contributed by atoms with E-state index in [1.165, 1.54) is 4.31 Å². The van der Waals surface area contributed by atoms with Gasteiger partial charge in [-0.3, -0.25) is 4.79 Å². The number of ether oxygens (including phenoxy) is 3. The van der Waals surface area contributed by atoms with Gasteiger partial charge >= 0.3 is 6.09 Å². The molecule has 0 aromatic heterocycles. The number of rotatable bonds is 14. The van der Waals surface area contributed by atoms with Crippen molar-refractivity contribution in [2.24, 2.45) is 0 Å². The topological polar surface area (TPSA) is 123 Å². The van der Waals surface area contributed by atoms with E-state index in [2.05, 4.69) is 10.6 Å². The molecule has 1 aliphatic rings. The zero-order chi connectivity index (χ0) is 29.9. The Morgan fingerprint density at radius 2 is 1.56 bits per heavy atom. The molecule has 0 radical (unpaired) electrons. The summed E-state index contributed by atoms with van der Waals surface area (Å²) in [6.45, 7) is 9.62. The summed E-state index contributed by atoms with van der Waals surface area (Å²) in [5, 5.41) is 5.52. The van der Waals surface area contributed by atoms with Crippen LogP contribution in [0.15, 0.2) is 71.1 Å². The molecule has 2 amide bonds. The number of amides is 2. The summed E-state index contributed by atoms with van der Waals surface area (Å²) in [6, 6.07) is 15.1. The largest absolute Gasteiger partial charge is 0.444 e. The fourth-order valence-electron chi connectivity index (χ4n) is 4.18. The van der Waals surface area contributed by atoms with Gasteiger partial charge in [0, 0.05) is 31.8 Å². The Morgan fingerprint density at radius 3 is 2.22 bits per heavy atom. The predicted molar refractivity (Wildman–Crippen MR) is 156 cm³/mol. The quantitative estimate of drug-likeness (QED) is 0.323. The maximum atomic E-state index is 13.5. The van der Waals surface area contributed by atoms with Crippen molar-refractivity contribution in [2.45, 2.75) is 50.7 Å². The molecule has 1 atom stereocenters. The first-order valence-electron chi connectivity index (χ1n) is 13.7. The lowest BCUT2D eigenvalue weighted by atomic mass is 10.0. The number of hydrogen-bond donors (Lipinski definition) is 2. The number of carbonyl (C=O) groups is 2. The van der Waals surface area contributed by atoms with Gasteiger partial charge in [0.05, 0.1) is 30.8 Å². The summed E-state index contributed by atoms with van der Waals surface area (Å²) in [7, 11) is -3.84. The SMILES string of the molecule is Cc1ccc(S(=O)(=O)N2CC=C(C(=O)NCCOCCOCCCNC(=O)OC(C)(C)C)C2c2ccccc2)cc1. The zero-order valence-electron chi connectivity index (χ0n) is 24.2. The van der Waals surface area contributed by atoms with Gasteiger partial charge in [0.1, 0.15) is 5.60 Å². The molecule has 1 aliphatic heterocycles. The van der Waals surface area contributed by atoms with E-state index in [0.717, 1.165) is 11.1 Å². The monoisotopic (exact) mass is 587 g/mol. The van der Waals surface area contributed by atoms with Gasteiger partial charge in [-0.05, 0) is 51.8 Å². The minimum Gasteiger partial charge on any atom is -0.444 e. The first-order valence-corrected chi connectivity index (χ1v) is 15.2. The second-order valence-electron chi connectivity index (χ2n) is 10.6. The zero-order valence-corrected chi connectivity index (χ0v) is 25.0. The molecule has 2 aromatic carbocycles. The van der Waals surface area contributed by atoms with E-state index in [9.17, 15) is 18.0 Å². The fraction of sp³-hybridized carbons (Fsp3) is 0.467. The number of nitrogens with zero attached hydrogens (tertiary/aromatic N) is 1. The molecule has 0 fully saturated rings. The van der Waals surface area contributed by atoms with Crippen molar-refractivity contribution >= 4 is 22.0 Å². The van der Waals surface area contributed by atoms with E-state index in [-0.39, 0.29) is 30.5 Å². The third kappa shape index (κ3) is 9.96. The lowest BCUT2D eigenvalue weighted by Crippen LogP contribution is -2.36. The van der Waals surface area contributed by atoms with Crippen molar-refractivity contribution in [2.75, 3.05) is 46.1 Å². The lowest BCUT2D eigenvalue weighted by molar-refractivity contribution is -0.118. The number of benzene rings is 2. The van der Waals surface area contributed by atoms with E-state index in [4.69, 9.17) is 14.2 Å². The van der Waals surface area contributed by atoms with Crippen LogP contribution >= 0.6 is 0 Å². The molecule has 1 heterocycles. The van der Waals surface area contributed by atoms with E-state index in [0.29, 0.717) is 38.4 Å². The molecule has 11 heteroatoms. The highest BCUT2D eigenvalue weighted by Crippen LogP contribution is 2.37. The summed E-state index contributed by atoms with van der Waals surface area (Å²) in [6.07, 6.45) is 1.86. The molecule has 10 nitrogen and oxygen atoms in total. The minimum absolute atomic E-state index is 0.0969. The molecule has 1 unspecified atom stereocenters. The Morgan fingerprint density at radius 1 is 0.902 bits per heavy atom. The highest BCUT2D eigenvalue weighted by Gasteiger charge is 2.40. The Balaban J connectivity index is 1.42. The van der Waals surface area contributed by atoms with Crippen LogP contribution in [0.5, 0.6) is 0 Å². The average molecular weight is 588 g/mol. The van der Waals surface area contributed by atoms with Crippen molar-refractivity contribution in [3.63, 3.8) is 0 Å². The Labute approximate surface area is 243 Å². The summed E-state index contributed by atoms with van der Waals surface area (Å²) in [5.74, 6) is -0.335. The fourth-order valence-corrected chi connectivity index (χ4v) is 5.72. The van der Waals surface area contributed by atoms with Gasteiger partial charge in [0.25, 0.3) is 0 Å². The second-order valence-corrected chi connectivity index (χ2v) is 12.5. The van der Waals surface area contributed by atoms with Crippen molar-refractivity contribution in [1.82, 2.24) is 14.9 Å². The number of sulfonamides is 1. The molecule has 3 rings (SSSR count). The molecule has 0 spiro atoms. The minimum atomic E-state index is -3.84. The van der Waals surface area contributed by atoms with Crippen LogP contribution in [-0.2, 0) is 29.0 Å². The van der Waals surface area contributed by atoms with Crippen LogP contribution < -0.4 is 10.6 Å². The maximum Gasteiger partial charge on any atom is 0.407 e. The number of carbonyl (C=O) groups excluding carboxylic acids is 2. The van der Waals surface area contributed by atoms with E-state index in [1.807, 2.05) is 58.0 Å². The van der Waals surface area contributed by atoms with Crippen LogP contribution in [0.2, 0.25) is 0 Å². The highest BCUT2D eigenvalue weighted by molar-refractivity contribution is 7.89. The van der Waals surface area contributed by atoms with E-state index in [1.54, 1.807) is 30.3 Å². The molecule has 2 aromatic rings. The Bertz CT molecular complexity index is 1270. The summed E-state index contributed by atoms with van der Waals surface area (Å²) >= 11 is 0. The highest BCUT2D eigenvalue weighted by atomic mass is 32.2. The average Bonchev–Trinajstić information content (AvgIpc) is 3.38. The first kappa shape index (κ1) is 32.3. The number of hydrogen-bond acceptors (Lipinski definition) is 7. The molecular weight excluding hydrogens is 546 g/mol. The van der Waals surface area contributed by atoms with Crippen LogP contribution in [-0.4, -0.2) is 76.4 Å². The molecule has 0 saturated carbocycles. The van der Waals surface area contributed by atoms with Crippen LogP contribution in [0, 0.1) is 6.92 Å². The predicted octanol–water partition coefficient (Wildman–Crippen LogP) is 3.73. The van der Waals surface area contributed by atoms with Crippen LogP contribution in [0.1, 0.15) is 44.4 Å². The summed E-state index contributed by atoms with van der Waals surface area (Å²) < 4.78 is 44.6. The smallest absolute Gasteiger partial charge is 0.407 e. The molecule has 0 bridgehead atoms. The number of aryl methyl sites for hydroxylation is 1. The van der Waals surface area contributed by atoms with Crippen molar-refractivity contribution in [3.8, 4) is 0 Å². The van der Waals surface area contributed by atoms with Gasteiger partial charge in [-0.2, -0.15) is 4.31 Å². The Kier molecular flexibility index (Phi) is 11.9. The molecule has 224 valence electrons. The molecule has 0 saturated heterocycles. The van der Waals surface area contributed by atoms with Gasteiger partial charge in [0.2, 0.25) is 15.9 Å². The Hall–Kier alpha value is -3.25. The molecule has 41 heavy (non-hydrogen) atoms. The van der Waals surface area contributed by atoms with Gasteiger partial charge in [0.15, 0.2) is 0 Å². The summed E-state index contributed by atoms with van der Waals surface area (Å²) in [5.41, 5.74) is 1.54. The van der Waals surface area contributed by atoms with Gasteiger partial charge < -0.3 is 24.8 Å². The lowest BCUT2D eigenvalue weighted by Gasteiger charge is -2.27. The van der Waals surface area contributed by atoms with Crippen LogP contribution in [0.25, 0.3) is 0 Å². The standard InChI is InChI=1S/C30H41N3O7S/c1-23-11-13-25(14-12-23)41(36,37)33-18-15-26(27(33)24-9-6-5-7-10-24)28(34)31-17-20-39-22-21-38-19-8-16-32-29(35)40-30(2,3)4/h5-7,9-15,27H,8,16-22H2,1-4H3,(H,31,34)(H,32,35). The van der Waals surface area contributed by atoms with Crippen molar-refractivity contribution in [3.05, 3.63) is 77.4 Å².